The van der Waals surface area contributed by atoms with Crippen molar-refractivity contribution in [2.45, 2.75) is 143 Å². The highest BCUT2D eigenvalue weighted by atomic mass is 16.3. The van der Waals surface area contributed by atoms with Gasteiger partial charge in [-0.05, 0) is 98.2 Å². The summed E-state index contributed by atoms with van der Waals surface area (Å²) < 4.78 is 0. The monoisotopic (exact) mass is 442 g/mol. The average Bonchev–Trinajstić information content (AvgIpc) is 3.15. The molecule has 0 aromatic rings. The van der Waals surface area contributed by atoms with Gasteiger partial charge in [-0.25, -0.2) is 0 Å². The van der Waals surface area contributed by atoms with Gasteiger partial charge in [0.25, 0.3) is 0 Å². The fraction of sp³-hybridized carbons (Fsp3) is 0.935. The summed E-state index contributed by atoms with van der Waals surface area (Å²) in [5.41, 5.74) is 2.66. The van der Waals surface area contributed by atoms with Crippen molar-refractivity contribution in [3.63, 3.8) is 0 Å². The summed E-state index contributed by atoms with van der Waals surface area (Å²) in [7, 11) is 0. The van der Waals surface area contributed by atoms with Gasteiger partial charge in [0.15, 0.2) is 0 Å². The van der Waals surface area contributed by atoms with Crippen LogP contribution in [0.2, 0.25) is 0 Å². The molecule has 32 heavy (non-hydrogen) atoms. The van der Waals surface area contributed by atoms with Crippen molar-refractivity contribution < 1.29 is 5.11 Å². The quantitative estimate of drug-likeness (QED) is 0.332. The van der Waals surface area contributed by atoms with E-state index in [1.54, 1.807) is 5.57 Å². The van der Waals surface area contributed by atoms with E-state index in [2.05, 4.69) is 19.9 Å². The zero-order chi connectivity index (χ0) is 22.8. The normalized spacial score (nSPS) is 43.9. The molecule has 0 saturated heterocycles. The van der Waals surface area contributed by atoms with Gasteiger partial charge in [0.1, 0.15) is 0 Å². The van der Waals surface area contributed by atoms with Crippen LogP contribution < -0.4 is 0 Å². The van der Waals surface area contributed by atoms with Crippen LogP contribution in [0.5, 0.6) is 0 Å². The van der Waals surface area contributed by atoms with Crippen molar-refractivity contribution in [3.05, 3.63) is 11.6 Å². The average molecular weight is 443 g/mol. The zero-order valence-corrected chi connectivity index (χ0v) is 22.0. The van der Waals surface area contributed by atoms with Crippen molar-refractivity contribution in [2.24, 2.45) is 40.4 Å². The highest BCUT2D eigenvalue weighted by Crippen LogP contribution is 2.66. The molecule has 1 heteroatoms. The molecule has 1 nitrogen and oxygen atoms in total. The summed E-state index contributed by atoms with van der Waals surface area (Å²) >= 11 is 0. The largest absolute Gasteiger partial charge is 0.393 e. The van der Waals surface area contributed by atoms with E-state index in [4.69, 9.17) is 0 Å². The van der Waals surface area contributed by atoms with E-state index < -0.39 is 0 Å². The van der Waals surface area contributed by atoms with Gasteiger partial charge in [-0.1, -0.05) is 90.7 Å². The number of aliphatic hydroxyl groups is 1. The van der Waals surface area contributed by atoms with Crippen LogP contribution in [0.4, 0.5) is 0 Å². The van der Waals surface area contributed by atoms with Crippen molar-refractivity contribution in [1.82, 2.24) is 0 Å². The van der Waals surface area contributed by atoms with Gasteiger partial charge < -0.3 is 5.11 Å². The van der Waals surface area contributed by atoms with Crippen LogP contribution in [-0.4, -0.2) is 11.2 Å². The maximum absolute atomic E-state index is 10.2. The summed E-state index contributed by atoms with van der Waals surface area (Å²) in [4.78, 5) is 0. The third-order valence-electron chi connectivity index (χ3n) is 11.4. The lowest BCUT2D eigenvalue weighted by Gasteiger charge is -2.58. The Morgan fingerprint density at radius 1 is 0.844 bits per heavy atom. The molecular formula is C31H54O. The molecule has 0 radical (unpaired) electrons. The Morgan fingerprint density at radius 2 is 1.59 bits per heavy atom. The molecule has 4 fully saturated rings. The van der Waals surface area contributed by atoms with Crippen molar-refractivity contribution in [3.8, 4) is 0 Å². The van der Waals surface area contributed by atoms with E-state index in [-0.39, 0.29) is 6.10 Å². The molecule has 0 aromatic carbocycles. The molecule has 0 heterocycles. The lowest BCUT2D eigenvalue weighted by atomic mass is 9.47. The van der Waals surface area contributed by atoms with E-state index in [0.29, 0.717) is 10.8 Å². The molecule has 4 saturated carbocycles. The molecule has 7 atom stereocenters. The first-order valence-corrected chi connectivity index (χ1v) is 14.9. The van der Waals surface area contributed by atoms with Crippen LogP contribution in [0.1, 0.15) is 137 Å². The maximum Gasteiger partial charge on any atom is 0.0577 e. The van der Waals surface area contributed by atoms with E-state index >= 15 is 0 Å². The van der Waals surface area contributed by atoms with E-state index in [1.807, 2.05) is 13.8 Å². The topological polar surface area (TPSA) is 20.2 Å². The standard InChI is InChI=1S/C29H48O.C2H6/c1-28-19-17-27-25(14-12-23-20-24(30)16-18-29(23,27)2)26(28)15-13-22(28)11-7-6-10-21-8-4-3-5-9-21;1-2/h12,21-22,24-27,30H,3-11,13-20H2,1-2H3;1-2H3/t22?,24-,25?,26?,27?,28?,29?;/m0./s1. The second-order valence-corrected chi connectivity index (χ2v) is 12.8. The molecule has 0 aromatic heterocycles. The molecule has 5 aliphatic carbocycles. The summed E-state index contributed by atoms with van der Waals surface area (Å²) in [6.45, 7) is 9.28. The number of unbranched alkanes of at least 4 members (excludes halogenated alkanes) is 1. The molecular weight excluding hydrogens is 388 g/mol. The molecule has 0 spiro atoms. The first kappa shape index (κ1) is 24.8. The first-order valence-electron chi connectivity index (χ1n) is 14.9. The van der Waals surface area contributed by atoms with Gasteiger partial charge in [-0.3, -0.25) is 0 Å². The van der Waals surface area contributed by atoms with Crippen molar-refractivity contribution in [2.75, 3.05) is 0 Å². The van der Waals surface area contributed by atoms with Gasteiger partial charge in [0.05, 0.1) is 6.10 Å². The Balaban J connectivity index is 0.00000119. The minimum absolute atomic E-state index is 0.0702. The molecule has 5 aliphatic rings. The van der Waals surface area contributed by atoms with Crippen molar-refractivity contribution in [1.29, 1.82) is 0 Å². The summed E-state index contributed by atoms with van der Waals surface area (Å²) in [5.74, 6) is 4.87. The lowest BCUT2D eigenvalue weighted by Crippen LogP contribution is -2.50. The summed E-state index contributed by atoms with van der Waals surface area (Å²) in [6, 6.07) is 0. The maximum atomic E-state index is 10.2. The first-order chi connectivity index (χ1) is 15.5. The smallest absolute Gasteiger partial charge is 0.0577 e. The van der Waals surface area contributed by atoms with E-state index in [0.717, 1.165) is 42.4 Å². The fourth-order valence-corrected chi connectivity index (χ4v) is 9.52. The van der Waals surface area contributed by atoms with E-state index in [9.17, 15) is 5.11 Å². The minimum atomic E-state index is -0.0702. The fourth-order valence-electron chi connectivity index (χ4n) is 9.52. The van der Waals surface area contributed by atoms with Crippen LogP contribution in [0.25, 0.3) is 0 Å². The highest BCUT2D eigenvalue weighted by Gasteiger charge is 2.58. The van der Waals surface area contributed by atoms with Gasteiger partial charge in [0.2, 0.25) is 0 Å². The second-order valence-electron chi connectivity index (χ2n) is 12.8. The van der Waals surface area contributed by atoms with Gasteiger partial charge in [0, 0.05) is 0 Å². The number of aliphatic hydroxyl groups excluding tert-OH is 1. The van der Waals surface area contributed by atoms with Crippen LogP contribution in [0.15, 0.2) is 11.6 Å². The van der Waals surface area contributed by atoms with Gasteiger partial charge in [-0.2, -0.15) is 0 Å². The molecule has 0 amide bonds. The zero-order valence-electron chi connectivity index (χ0n) is 22.0. The molecule has 0 bridgehead atoms. The number of hydrogen-bond acceptors (Lipinski definition) is 1. The second kappa shape index (κ2) is 10.5. The van der Waals surface area contributed by atoms with Crippen LogP contribution in [-0.2, 0) is 0 Å². The minimum Gasteiger partial charge on any atom is -0.393 e. The number of hydrogen-bond donors (Lipinski definition) is 1. The number of allylic oxidation sites excluding steroid dienone is 1. The highest BCUT2D eigenvalue weighted by molar-refractivity contribution is 5.25. The molecule has 184 valence electrons. The Labute approximate surface area is 200 Å². The number of fused-ring (bicyclic) bond motifs is 5. The third kappa shape index (κ3) is 4.63. The third-order valence-corrected chi connectivity index (χ3v) is 11.4. The predicted octanol–water partition coefficient (Wildman–Crippen LogP) is 9.09. The van der Waals surface area contributed by atoms with Crippen molar-refractivity contribution >= 4 is 0 Å². The van der Waals surface area contributed by atoms with Crippen LogP contribution in [0, 0.1) is 40.4 Å². The Kier molecular flexibility index (Phi) is 8.17. The molecule has 6 unspecified atom stereocenters. The summed E-state index contributed by atoms with van der Waals surface area (Å²) in [5, 5.41) is 10.2. The predicted molar refractivity (Wildman–Crippen MR) is 138 cm³/mol. The van der Waals surface area contributed by atoms with Crippen LogP contribution in [0.3, 0.4) is 0 Å². The molecule has 0 aliphatic heterocycles. The van der Waals surface area contributed by atoms with Gasteiger partial charge in [-0.15, -0.1) is 0 Å². The number of rotatable bonds is 5. The van der Waals surface area contributed by atoms with Crippen LogP contribution >= 0.6 is 0 Å². The SMILES string of the molecule is CC.CC12CC[C@H](O)CC1=CCC1C2CCC2(C)C(CCCCC3CCCCC3)CCC12. The van der Waals surface area contributed by atoms with Gasteiger partial charge >= 0.3 is 0 Å². The Morgan fingerprint density at radius 3 is 2.38 bits per heavy atom. The molecule has 1 N–H and O–H groups in total. The Hall–Kier alpha value is -0.300. The molecule has 5 rings (SSSR count). The summed E-state index contributed by atoms with van der Waals surface area (Å²) in [6.07, 6.45) is 26.6. The Bertz CT molecular complexity index is 630. The lowest BCUT2D eigenvalue weighted by molar-refractivity contribution is -0.0509. The van der Waals surface area contributed by atoms with E-state index in [1.165, 1.54) is 96.3 Å².